The summed E-state index contributed by atoms with van der Waals surface area (Å²) in [7, 11) is 1.59. The summed E-state index contributed by atoms with van der Waals surface area (Å²) in [6, 6.07) is 15.1. The molecule has 1 amide bonds. The number of halogens is 1. The molecule has 0 radical (unpaired) electrons. The Morgan fingerprint density at radius 3 is 2.58 bits per heavy atom. The Morgan fingerprint density at radius 2 is 1.88 bits per heavy atom. The summed E-state index contributed by atoms with van der Waals surface area (Å²) < 4.78 is 5.26. The molecule has 0 aliphatic carbocycles. The van der Waals surface area contributed by atoms with Gasteiger partial charge in [0, 0.05) is 11.6 Å². The molecule has 0 unspecified atom stereocenters. The van der Waals surface area contributed by atoms with Gasteiger partial charge in [-0.2, -0.15) is 0 Å². The fourth-order valence-corrected chi connectivity index (χ4v) is 2.73. The number of ether oxygens (including phenoxy) is 1. The molecular formula is C19H23ClN2O2. The lowest BCUT2D eigenvalue weighted by molar-refractivity contribution is -0.117. The van der Waals surface area contributed by atoms with E-state index in [9.17, 15) is 4.79 Å². The highest BCUT2D eigenvalue weighted by molar-refractivity contribution is 6.31. The molecular weight excluding hydrogens is 324 g/mol. The van der Waals surface area contributed by atoms with E-state index in [1.54, 1.807) is 7.11 Å². The summed E-state index contributed by atoms with van der Waals surface area (Å²) in [5.41, 5.74) is 1.71. The van der Waals surface area contributed by atoms with E-state index in [2.05, 4.69) is 17.1 Å². The van der Waals surface area contributed by atoms with Crippen molar-refractivity contribution in [2.75, 3.05) is 25.5 Å². The first-order valence-electron chi connectivity index (χ1n) is 8.02. The van der Waals surface area contributed by atoms with Crippen LogP contribution in [0.4, 0.5) is 5.69 Å². The third-order valence-electron chi connectivity index (χ3n) is 3.64. The smallest absolute Gasteiger partial charge is 0.238 e. The first-order chi connectivity index (χ1) is 11.6. The van der Waals surface area contributed by atoms with Crippen LogP contribution in [0.1, 0.15) is 18.9 Å². The lowest BCUT2D eigenvalue weighted by Gasteiger charge is -2.22. The van der Waals surface area contributed by atoms with Crippen molar-refractivity contribution < 1.29 is 9.53 Å². The van der Waals surface area contributed by atoms with Crippen molar-refractivity contribution in [3.63, 3.8) is 0 Å². The maximum atomic E-state index is 12.4. The zero-order valence-corrected chi connectivity index (χ0v) is 14.8. The average Bonchev–Trinajstić information content (AvgIpc) is 2.57. The van der Waals surface area contributed by atoms with E-state index in [1.807, 2.05) is 48.5 Å². The summed E-state index contributed by atoms with van der Waals surface area (Å²) in [6.45, 7) is 3.87. The van der Waals surface area contributed by atoms with Crippen molar-refractivity contribution in [2.24, 2.45) is 0 Å². The predicted octanol–water partition coefficient (Wildman–Crippen LogP) is 4.20. The normalized spacial score (nSPS) is 10.7. The molecule has 4 nitrogen and oxygen atoms in total. The van der Waals surface area contributed by atoms with Gasteiger partial charge in [-0.25, -0.2) is 0 Å². The molecule has 0 aromatic heterocycles. The van der Waals surface area contributed by atoms with Crippen LogP contribution in [-0.4, -0.2) is 31.0 Å². The van der Waals surface area contributed by atoms with Crippen LogP contribution in [0.2, 0.25) is 5.02 Å². The van der Waals surface area contributed by atoms with Gasteiger partial charge in [0.05, 0.1) is 19.3 Å². The Balaban J connectivity index is 2.01. The topological polar surface area (TPSA) is 41.6 Å². The van der Waals surface area contributed by atoms with Gasteiger partial charge in [-0.1, -0.05) is 48.9 Å². The molecule has 1 N–H and O–H groups in total. The molecule has 5 heteroatoms. The Bertz CT molecular complexity index is 676. The summed E-state index contributed by atoms with van der Waals surface area (Å²) in [5, 5.41) is 3.64. The van der Waals surface area contributed by atoms with Gasteiger partial charge >= 0.3 is 0 Å². The monoisotopic (exact) mass is 346 g/mol. The Kier molecular flexibility index (Phi) is 7.09. The van der Waals surface area contributed by atoms with Crippen LogP contribution >= 0.6 is 11.6 Å². The van der Waals surface area contributed by atoms with Crippen LogP contribution in [0.5, 0.6) is 5.75 Å². The van der Waals surface area contributed by atoms with Gasteiger partial charge in [-0.3, -0.25) is 9.69 Å². The van der Waals surface area contributed by atoms with Gasteiger partial charge in [-0.15, -0.1) is 0 Å². The van der Waals surface area contributed by atoms with Gasteiger partial charge in [0.1, 0.15) is 5.75 Å². The molecule has 0 spiro atoms. The molecule has 0 bridgehead atoms. The molecule has 0 aliphatic rings. The Morgan fingerprint density at radius 1 is 1.17 bits per heavy atom. The molecule has 24 heavy (non-hydrogen) atoms. The van der Waals surface area contributed by atoms with Crippen molar-refractivity contribution in [2.45, 2.75) is 19.9 Å². The third-order valence-corrected chi connectivity index (χ3v) is 4.01. The van der Waals surface area contributed by atoms with E-state index in [-0.39, 0.29) is 5.91 Å². The molecule has 0 atom stereocenters. The number of nitrogens with one attached hydrogen (secondary N) is 1. The summed E-state index contributed by atoms with van der Waals surface area (Å²) in [5.74, 6) is 0.582. The molecule has 128 valence electrons. The number of hydrogen-bond acceptors (Lipinski definition) is 3. The Hall–Kier alpha value is -2.04. The molecule has 0 saturated heterocycles. The van der Waals surface area contributed by atoms with Gasteiger partial charge in [0.2, 0.25) is 5.91 Å². The minimum Gasteiger partial charge on any atom is -0.495 e. The highest BCUT2D eigenvalue weighted by Crippen LogP contribution is 2.23. The van der Waals surface area contributed by atoms with E-state index in [1.165, 1.54) is 0 Å². The molecule has 0 heterocycles. The molecule has 2 aromatic carbocycles. The van der Waals surface area contributed by atoms with E-state index < -0.39 is 0 Å². The second kappa shape index (κ2) is 9.30. The predicted molar refractivity (Wildman–Crippen MR) is 98.6 cm³/mol. The number of carbonyl (C=O) groups excluding carboxylic acids is 1. The lowest BCUT2D eigenvalue weighted by Crippen LogP contribution is -2.33. The van der Waals surface area contributed by atoms with Crippen LogP contribution in [-0.2, 0) is 11.3 Å². The average molecular weight is 347 g/mol. The number of amides is 1. The first kappa shape index (κ1) is 18.3. The maximum Gasteiger partial charge on any atom is 0.238 e. The number of carbonyl (C=O) groups is 1. The summed E-state index contributed by atoms with van der Waals surface area (Å²) >= 11 is 6.23. The molecule has 2 rings (SSSR count). The number of hydrogen-bond donors (Lipinski definition) is 1. The number of anilines is 1. The number of rotatable bonds is 8. The fourth-order valence-electron chi connectivity index (χ4n) is 2.54. The van der Waals surface area contributed by atoms with Crippen LogP contribution in [0.25, 0.3) is 0 Å². The van der Waals surface area contributed by atoms with Crippen LogP contribution in [0.3, 0.4) is 0 Å². The minimum absolute atomic E-state index is 0.0694. The maximum absolute atomic E-state index is 12.4. The van der Waals surface area contributed by atoms with Crippen molar-refractivity contribution in [1.82, 2.24) is 4.90 Å². The minimum atomic E-state index is -0.0694. The van der Waals surface area contributed by atoms with Gasteiger partial charge in [-0.05, 0) is 36.7 Å². The van der Waals surface area contributed by atoms with Crippen LogP contribution in [0.15, 0.2) is 48.5 Å². The zero-order chi connectivity index (χ0) is 17.4. The van der Waals surface area contributed by atoms with Crippen molar-refractivity contribution in [3.05, 3.63) is 59.1 Å². The van der Waals surface area contributed by atoms with E-state index >= 15 is 0 Å². The molecule has 0 fully saturated rings. The lowest BCUT2D eigenvalue weighted by atomic mass is 10.2. The van der Waals surface area contributed by atoms with Crippen molar-refractivity contribution in [3.8, 4) is 5.75 Å². The quantitative estimate of drug-likeness (QED) is 0.778. The molecule has 2 aromatic rings. The Labute approximate surface area is 148 Å². The van der Waals surface area contributed by atoms with E-state index in [0.29, 0.717) is 24.5 Å². The second-order valence-corrected chi connectivity index (χ2v) is 5.96. The van der Waals surface area contributed by atoms with Crippen LogP contribution in [0, 0.1) is 0 Å². The SMILES string of the molecule is CCCN(CC(=O)Nc1ccccc1OC)Cc1ccccc1Cl. The second-order valence-electron chi connectivity index (χ2n) is 5.55. The van der Waals surface area contributed by atoms with Gasteiger partial charge in [0.15, 0.2) is 0 Å². The van der Waals surface area contributed by atoms with Gasteiger partial charge in [0.25, 0.3) is 0 Å². The van der Waals surface area contributed by atoms with Crippen LogP contribution < -0.4 is 10.1 Å². The third kappa shape index (κ3) is 5.25. The van der Waals surface area contributed by atoms with Crippen molar-refractivity contribution in [1.29, 1.82) is 0 Å². The number of nitrogens with zero attached hydrogens (tertiary/aromatic N) is 1. The molecule has 0 saturated carbocycles. The number of para-hydroxylation sites is 2. The van der Waals surface area contributed by atoms with E-state index in [0.717, 1.165) is 23.6 Å². The summed E-state index contributed by atoms with van der Waals surface area (Å²) in [6.07, 6.45) is 0.965. The summed E-state index contributed by atoms with van der Waals surface area (Å²) in [4.78, 5) is 14.5. The molecule has 0 aliphatic heterocycles. The standard InChI is InChI=1S/C19H23ClN2O2/c1-3-12-22(13-15-8-4-5-9-16(15)20)14-19(23)21-17-10-6-7-11-18(17)24-2/h4-11H,3,12-14H2,1-2H3,(H,21,23). The van der Waals surface area contributed by atoms with Gasteiger partial charge < -0.3 is 10.1 Å². The number of benzene rings is 2. The first-order valence-corrected chi connectivity index (χ1v) is 8.40. The van der Waals surface area contributed by atoms with E-state index in [4.69, 9.17) is 16.3 Å². The number of methoxy groups -OCH3 is 1. The zero-order valence-electron chi connectivity index (χ0n) is 14.1. The largest absolute Gasteiger partial charge is 0.495 e. The van der Waals surface area contributed by atoms with Crippen molar-refractivity contribution >= 4 is 23.2 Å². The highest BCUT2D eigenvalue weighted by Gasteiger charge is 2.13. The highest BCUT2D eigenvalue weighted by atomic mass is 35.5. The fraction of sp³-hybridized carbons (Fsp3) is 0.316.